The average molecular weight is 285 g/mol. The summed E-state index contributed by atoms with van der Waals surface area (Å²) in [5.41, 5.74) is 5.87. The molecular weight excluding hydrogens is 266 g/mol. The van der Waals surface area contributed by atoms with Gasteiger partial charge in [0.05, 0.1) is 0 Å². The zero-order valence-electron chi connectivity index (χ0n) is 11.8. The van der Waals surface area contributed by atoms with E-state index in [1.165, 1.54) is 0 Å². The van der Waals surface area contributed by atoms with Crippen molar-refractivity contribution in [2.75, 3.05) is 5.73 Å². The van der Waals surface area contributed by atoms with E-state index in [4.69, 9.17) is 5.73 Å². The van der Waals surface area contributed by atoms with Gasteiger partial charge in [0.25, 0.3) is 5.56 Å². The molecule has 110 valence electrons. The van der Waals surface area contributed by atoms with Crippen molar-refractivity contribution in [3.8, 4) is 0 Å². The van der Waals surface area contributed by atoms with Gasteiger partial charge in [0.1, 0.15) is 5.82 Å². The van der Waals surface area contributed by atoms with Crippen LogP contribution in [0.25, 0.3) is 10.8 Å². The summed E-state index contributed by atoms with van der Waals surface area (Å²) < 4.78 is 1.55. The number of hydrogen-bond acceptors (Lipinski definition) is 3. The first kappa shape index (κ1) is 13.7. The molecule has 1 aliphatic rings. The summed E-state index contributed by atoms with van der Waals surface area (Å²) in [4.78, 5) is 24.0. The highest BCUT2D eigenvalue weighted by Gasteiger charge is 2.22. The van der Waals surface area contributed by atoms with Crippen molar-refractivity contribution in [1.29, 1.82) is 0 Å². The van der Waals surface area contributed by atoms with Gasteiger partial charge in [0.15, 0.2) is 0 Å². The van der Waals surface area contributed by atoms with Crippen LogP contribution < -0.4 is 16.6 Å². The second kappa shape index (κ2) is 5.60. The molecule has 0 saturated heterocycles. The Kier molecular flexibility index (Phi) is 3.64. The van der Waals surface area contributed by atoms with Crippen LogP contribution in [-0.2, 0) is 11.3 Å². The van der Waals surface area contributed by atoms with Gasteiger partial charge >= 0.3 is 0 Å². The summed E-state index contributed by atoms with van der Waals surface area (Å²) >= 11 is 0. The number of anilines is 1. The lowest BCUT2D eigenvalue weighted by molar-refractivity contribution is -0.121. The second-order valence-electron chi connectivity index (χ2n) is 5.56. The van der Waals surface area contributed by atoms with Gasteiger partial charge in [0, 0.05) is 24.4 Å². The van der Waals surface area contributed by atoms with Crippen LogP contribution in [0.3, 0.4) is 0 Å². The minimum Gasteiger partial charge on any atom is -0.385 e. The number of pyridine rings is 1. The van der Waals surface area contributed by atoms with E-state index in [1.54, 1.807) is 16.7 Å². The molecule has 1 aromatic carbocycles. The Morgan fingerprint density at radius 3 is 2.86 bits per heavy atom. The summed E-state index contributed by atoms with van der Waals surface area (Å²) in [5.74, 6) is 0.506. The topological polar surface area (TPSA) is 77.1 Å². The zero-order chi connectivity index (χ0) is 14.8. The number of carbonyl (C=O) groups excluding carboxylic acids is 1. The van der Waals surface area contributed by atoms with Crippen molar-refractivity contribution in [1.82, 2.24) is 9.88 Å². The van der Waals surface area contributed by atoms with Crippen molar-refractivity contribution in [2.45, 2.75) is 38.3 Å². The van der Waals surface area contributed by atoms with Gasteiger partial charge < -0.3 is 11.1 Å². The molecule has 3 N–H and O–H groups in total. The summed E-state index contributed by atoms with van der Waals surface area (Å²) in [7, 11) is 0. The number of aromatic nitrogens is 1. The summed E-state index contributed by atoms with van der Waals surface area (Å²) in [6.45, 7) is 0.466. The monoisotopic (exact) mass is 285 g/mol. The minimum absolute atomic E-state index is 0.0601. The van der Waals surface area contributed by atoms with E-state index in [9.17, 15) is 9.59 Å². The van der Waals surface area contributed by atoms with Crippen LogP contribution in [0, 0.1) is 0 Å². The molecule has 1 saturated carbocycles. The van der Waals surface area contributed by atoms with E-state index in [1.807, 2.05) is 18.2 Å². The summed E-state index contributed by atoms with van der Waals surface area (Å²) in [5, 5.41) is 4.45. The molecule has 3 rings (SSSR count). The molecule has 5 nitrogen and oxygen atoms in total. The zero-order valence-corrected chi connectivity index (χ0v) is 11.8. The smallest absolute Gasteiger partial charge is 0.259 e. The van der Waals surface area contributed by atoms with Crippen molar-refractivity contribution in [3.05, 3.63) is 40.7 Å². The Bertz CT molecular complexity index is 732. The van der Waals surface area contributed by atoms with E-state index >= 15 is 0 Å². The molecule has 1 aromatic heterocycles. The number of nitrogens with two attached hydrogens (primary N) is 1. The summed E-state index contributed by atoms with van der Waals surface area (Å²) in [6, 6.07) is 9.58. The molecular formula is C16H19N3O2. The molecule has 0 aliphatic heterocycles. The van der Waals surface area contributed by atoms with Gasteiger partial charge in [-0.1, -0.05) is 18.2 Å². The first-order valence-corrected chi connectivity index (χ1v) is 7.32. The van der Waals surface area contributed by atoms with Gasteiger partial charge in [-0.15, -0.1) is 0 Å². The number of nitrogen functional groups attached to an aromatic ring is 1. The highest BCUT2D eigenvalue weighted by Crippen LogP contribution is 2.19. The highest BCUT2D eigenvalue weighted by molar-refractivity contribution is 5.83. The SMILES string of the molecule is Nc1cc2ccccc2c(=O)n1CCCC(=O)NC1CC1. The number of hydrogen-bond donors (Lipinski definition) is 2. The van der Waals surface area contributed by atoms with Crippen LogP contribution in [0.2, 0.25) is 0 Å². The number of benzene rings is 1. The third-order valence-electron chi connectivity index (χ3n) is 3.78. The fraction of sp³-hybridized carbons (Fsp3) is 0.375. The van der Waals surface area contributed by atoms with E-state index in [2.05, 4.69) is 5.32 Å². The maximum absolute atomic E-state index is 12.4. The molecule has 5 heteroatoms. The van der Waals surface area contributed by atoms with Crippen LogP contribution in [0.4, 0.5) is 5.82 Å². The van der Waals surface area contributed by atoms with Gasteiger partial charge in [0.2, 0.25) is 5.91 Å². The summed E-state index contributed by atoms with van der Waals surface area (Å²) in [6.07, 6.45) is 3.21. The van der Waals surface area contributed by atoms with Crippen molar-refractivity contribution in [2.24, 2.45) is 0 Å². The number of carbonyl (C=O) groups is 1. The number of fused-ring (bicyclic) bond motifs is 1. The molecule has 1 fully saturated rings. The lowest BCUT2D eigenvalue weighted by Crippen LogP contribution is -2.27. The number of nitrogens with zero attached hydrogens (tertiary/aromatic N) is 1. The molecule has 1 amide bonds. The Labute approximate surface area is 122 Å². The first-order chi connectivity index (χ1) is 10.1. The van der Waals surface area contributed by atoms with Crippen LogP contribution in [0.5, 0.6) is 0 Å². The Hall–Kier alpha value is -2.30. The fourth-order valence-corrected chi connectivity index (χ4v) is 2.47. The number of nitrogens with one attached hydrogen (secondary N) is 1. The van der Waals surface area contributed by atoms with Crippen LogP contribution in [0.15, 0.2) is 35.1 Å². The predicted molar refractivity (Wildman–Crippen MR) is 83.0 cm³/mol. The van der Waals surface area contributed by atoms with Gasteiger partial charge in [-0.05, 0) is 36.8 Å². The maximum Gasteiger partial charge on any atom is 0.259 e. The Morgan fingerprint density at radius 2 is 2.10 bits per heavy atom. The Balaban J connectivity index is 1.71. The third kappa shape index (κ3) is 3.07. The molecule has 0 atom stereocenters. The lowest BCUT2D eigenvalue weighted by Gasteiger charge is -2.11. The van der Waals surface area contributed by atoms with E-state index in [0.717, 1.165) is 18.2 Å². The van der Waals surface area contributed by atoms with Crippen molar-refractivity contribution < 1.29 is 4.79 Å². The van der Waals surface area contributed by atoms with Crippen LogP contribution in [-0.4, -0.2) is 16.5 Å². The maximum atomic E-state index is 12.4. The molecule has 21 heavy (non-hydrogen) atoms. The first-order valence-electron chi connectivity index (χ1n) is 7.32. The van der Waals surface area contributed by atoms with E-state index in [0.29, 0.717) is 36.6 Å². The number of rotatable bonds is 5. The Morgan fingerprint density at radius 1 is 1.33 bits per heavy atom. The highest BCUT2D eigenvalue weighted by atomic mass is 16.1. The standard InChI is InChI=1S/C16H19N3O2/c17-14-10-11-4-1-2-5-13(11)16(21)19(14)9-3-6-15(20)18-12-7-8-12/h1-2,4-5,10,12H,3,6-9,17H2,(H,18,20). The van der Waals surface area contributed by atoms with Crippen LogP contribution >= 0.6 is 0 Å². The minimum atomic E-state index is -0.0896. The van der Waals surface area contributed by atoms with Crippen LogP contribution in [0.1, 0.15) is 25.7 Å². The lowest BCUT2D eigenvalue weighted by atomic mass is 10.1. The molecule has 1 aliphatic carbocycles. The quantitative estimate of drug-likeness (QED) is 0.876. The molecule has 0 unspecified atom stereocenters. The fourth-order valence-electron chi connectivity index (χ4n) is 2.47. The van der Waals surface area contributed by atoms with Crippen molar-refractivity contribution in [3.63, 3.8) is 0 Å². The van der Waals surface area contributed by atoms with Crippen molar-refractivity contribution >= 4 is 22.5 Å². The largest absolute Gasteiger partial charge is 0.385 e. The van der Waals surface area contributed by atoms with Gasteiger partial charge in [-0.3, -0.25) is 14.2 Å². The predicted octanol–water partition coefficient (Wildman–Crippen LogP) is 1.64. The second-order valence-corrected chi connectivity index (χ2v) is 5.56. The normalized spacial score (nSPS) is 14.3. The molecule has 1 heterocycles. The molecule has 2 aromatic rings. The van der Waals surface area contributed by atoms with Gasteiger partial charge in [-0.2, -0.15) is 0 Å². The van der Waals surface area contributed by atoms with E-state index < -0.39 is 0 Å². The molecule has 0 radical (unpaired) electrons. The van der Waals surface area contributed by atoms with Gasteiger partial charge in [-0.25, -0.2) is 0 Å². The third-order valence-corrected chi connectivity index (χ3v) is 3.78. The average Bonchev–Trinajstić information content (AvgIpc) is 3.26. The molecule has 0 spiro atoms. The number of amides is 1. The van der Waals surface area contributed by atoms with E-state index in [-0.39, 0.29) is 11.5 Å². The molecule has 0 bridgehead atoms.